The number of carbonyl (C=O) groups excluding carboxylic acids is 1. The lowest BCUT2D eigenvalue weighted by Crippen LogP contribution is -2.41. The second-order valence-corrected chi connectivity index (χ2v) is 11.5. The number of para-hydroxylation sites is 1. The Morgan fingerprint density at radius 3 is 2.25 bits per heavy atom. The predicted octanol–water partition coefficient (Wildman–Crippen LogP) is 5.71. The quantitative estimate of drug-likeness (QED) is 0.409. The fourth-order valence-electron chi connectivity index (χ4n) is 4.50. The Morgan fingerprint density at radius 2 is 1.61 bits per heavy atom. The first-order chi connectivity index (χ1) is 17.3. The molecule has 1 atom stereocenters. The SMILES string of the molecule is Cc1ccccc1N(CC(=O)NC(C)c1ccc(N2CCCCC2)cc1)S(=O)(=O)c1ccc(Cl)cc1. The van der Waals surface area contributed by atoms with Crippen molar-refractivity contribution < 1.29 is 13.2 Å². The minimum Gasteiger partial charge on any atom is -0.372 e. The highest BCUT2D eigenvalue weighted by atomic mass is 35.5. The maximum atomic E-state index is 13.6. The summed E-state index contributed by atoms with van der Waals surface area (Å²) in [5, 5.41) is 3.41. The van der Waals surface area contributed by atoms with Crippen LogP contribution in [0.3, 0.4) is 0 Å². The Kier molecular flexibility index (Phi) is 8.21. The van der Waals surface area contributed by atoms with Crippen LogP contribution in [0.4, 0.5) is 11.4 Å². The molecule has 1 aliphatic heterocycles. The van der Waals surface area contributed by atoms with Crippen molar-refractivity contribution in [2.45, 2.75) is 44.0 Å². The number of nitrogens with one attached hydrogen (secondary N) is 1. The van der Waals surface area contributed by atoms with E-state index in [1.807, 2.05) is 38.1 Å². The van der Waals surface area contributed by atoms with Crippen LogP contribution in [0.1, 0.15) is 43.4 Å². The van der Waals surface area contributed by atoms with Crippen molar-refractivity contribution in [1.82, 2.24) is 5.32 Å². The van der Waals surface area contributed by atoms with E-state index in [1.54, 1.807) is 12.1 Å². The Hall–Kier alpha value is -3.03. The number of rotatable bonds is 8. The standard InChI is InChI=1S/C28H32ClN3O3S/c1-21-8-4-5-9-27(21)32(36(34,35)26-16-12-24(29)13-17-26)20-28(33)30-22(2)23-10-14-25(15-11-23)31-18-6-3-7-19-31/h4-5,8-17,22H,3,6-7,18-20H2,1-2H3,(H,30,33). The van der Waals surface area contributed by atoms with Gasteiger partial charge in [0.1, 0.15) is 6.54 Å². The number of benzene rings is 3. The van der Waals surface area contributed by atoms with Crippen molar-refractivity contribution in [3.8, 4) is 0 Å². The van der Waals surface area contributed by atoms with Gasteiger partial charge in [-0.15, -0.1) is 0 Å². The summed E-state index contributed by atoms with van der Waals surface area (Å²) in [6.45, 7) is 5.53. The first-order valence-electron chi connectivity index (χ1n) is 12.2. The number of nitrogens with zero attached hydrogens (tertiary/aromatic N) is 2. The zero-order valence-corrected chi connectivity index (χ0v) is 22.2. The number of amides is 1. The van der Waals surface area contributed by atoms with Crippen LogP contribution in [-0.2, 0) is 14.8 Å². The van der Waals surface area contributed by atoms with E-state index in [4.69, 9.17) is 11.6 Å². The lowest BCUT2D eigenvalue weighted by atomic mass is 10.1. The van der Waals surface area contributed by atoms with Crippen LogP contribution < -0.4 is 14.5 Å². The molecule has 1 unspecified atom stereocenters. The van der Waals surface area contributed by atoms with Gasteiger partial charge in [-0.2, -0.15) is 0 Å². The van der Waals surface area contributed by atoms with E-state index in [2.05, 4.69) is 22.3 Å². The van der Waals surface area contributed by atoms with Crippen LogP contribution in [-0.4, -0.2) is 34.0 Å². The number of anilines is 2. The van der Waals surface area contributed by atoms with Crippen molar-refractivity contribution in [3.63, 3.8) is 0 Å². The number of aryl methyl sites for hydroxylation is 1. The molecule has 1 aliphatic rings. The lowest BCUT2D eigenvalue weighted by molar-refractivity contribution is -0.120. The molecule has 6 nitrogen and oxygen atoms in total. The van der Waals surface area contributed by atoms with E-state index in [-0.39, 0.29) is 23.4 Å². The number of hydrogen-bond acceptors (Lipinski definition) is 4. The first-order valence-corrected chi connectivity index (χ1v) is 14.1. The van der Waals surface area contributed by atoms with E-state index in [0.717, 1.165) is 28.5 Å². The van der Waals surface area contributed by atoms with Crippen LogP contribution in [0.5, 0.6) is 0 Å². The van der Waals surface area contributed by atoms with Gasteiger partial charge in [0, 0.05) is 23.8 Å². The molecule has 0 radical (unpaired) electrons. The molecule has 0 aliphatic carbocycles. The summed E-state index contributed by atoms with van der Waals surface area (Å²) in [5.74, 6) is -0.386. The Labute approximate surface area is 218 Å². The van der Waals surface area contributed by atoms with Gasteiger partial charge in [-0.3, -0.25) is 9.10 Å². The normalized spacial score (nSPS) is 14.8. The minimum absolute atomic E-state index is 0.0734. The summed E-state index contributed by atoms with van der Waals surface area (Å²) in [5.41, 5.74) is 3.37. The number of halogens is 1. The maximum Gasteiger partial charge on any atom is 0.264 e. The third-order valence-electron chi connectivity index (χ3n) is 6.56. The first kappa shape index (κ1) is 26.0. The second-order valence-electron chi connectivity index (χ2n) is 9.18. The van der Waals surface area contributed by atoms with E-state index in [0.29, 0.717) is 10.7 Å². The van der Waals surface area contributed by atoms with Crippen molar-refractivity contribution in [2.24, 2.45) is 0 Å². The summed E-state index contributed by atoms with van der Waals surface area (Å²) in [6, 6.07) is 21.0. The van der Waals surface area contributed by atoms with Crippen molar-refractivity contribution in [1.29, 1.82) is 0 Å². The van der Waals surface area contributed by atoms with Gasteiger partial charge >= 0.3 is 0 Å². The van der Waals surface area contributed by atoms with E-state index >= 15 is 0 Å². The largest absolute Gasteiger partial charge is 0.372 e. The Bertz CT molecular complexity index is 1290. The minimum atomic E-state index is -4.00. The molecule has 0 spiro atoms. The summed E-state index contributed by atoms with van der Waals surface area (Å²) in [6.07, 6.45) is 3.71. The third kappa shape index (κ3) is 6.02. The van der Waals surface area contributed by atoms with Crippen molar-refractivity contribution in [2.75, 3.05) is 28.8 Å². The van der Waals surface area contributed by atoms with Crippen LogP contribution >= 0.6 is 11.6 Å². The highest BCUT2D eigenvalue weighted by molar-refractivity contribution is 7.92. The van der Waals surface area contributed by atoms with Gasteiger partial charge < -0.3 is 10.2 Å². The summed E-state index contributed by atoms with van der Waals surface area (Å²) < 4.78 is 28.3. The molecular formula is C28H32ClN3O3S. The van der Waals surface area contributed by atoms with Crippen molar-refractivity contribution in [3.05, 3.63) is 88.9 Å². The molecule has 36 heavy (non-hydrogen) atoms. The molecule has 190 valence electrons. The molecule has 1 heterocycles. The molecule has 4 rings (SSSR count). The molecule has 3 aromatic carbocycles. The summed E-state index contributed by atoms with van der Waals surface area (Å²) >= 11 is 5.96. The fraction of sp³-hybridized carbons (Fsp3) is 0.321. The molecule has 1 saturated heterocycles. The van der Waals surface area contributed by atoms with E-state index in [9.17, 15) is 13.2 Å². The van der Waals surface area contributed by atoms with E-state index < -0.39 is 10.0 Å². The highest BCUT2D eigenvalue weighted by Crippen LogP contribution is 2.28. The Balaban J connectivity index is 1.51. The van der Waals surface area contributed by atoms with Gasteiger partial charge in [-0.05, 0) is 86.7 Å². The van der Waals surface area contributed by atoms with Crippen LogP contribution in [0, 0.1) is 6.92 Å². The van der Waals surface area contributed by atoms with Gasteiger partial charge in [-0.25, -0.2) is 8.42 Å². The summed E-state index contributed by atoms with van der Waals surface area (Å²) in [4.78, 5) is 15.6. The highest BCUT2D eigenvalue weighted by Gasteiger charge is 2.28. The second kappa shape index (κ2) is 11.4. The van der Waals surface area contributed by atoms with Gasteiger partial charge in [0.15, 0.2) is 0 Å². The molecule has 0 aromatic heterocycles. The topological polar surface area (TPSA) is 69.7 Å². The third-order valence-corrected chi connectivity index (χ3v) is 8.59. The fourth-order valence-corrected chi connectivity index (χ4v) is 6.11. The zero-order valence-electron chi connectivity index (χ0n) is 20.7. The average Bonchev–Trinajstić information content (AvgIpc) is 2.88. The molecule has 0 bridgehead atoms. The molecule has 8 heteroatoms. The summed E-state index contributed by atoms with van der Waals surface area (Å²) in [7, 11) is -4.00. The van der Waals surface area contributed by atoms with Crippen LogP contribution in [0.25, 0.3) is 0 Å². The van der Waals surface area contributed by atoms with Gasteiger partial charge in [-0.1, -0.05) is 41.9 Å². The predicted molar refractivity (Wildman–Crippen MR) is 146 cm³/mol. The number of hydrogen-bond donors (Lipinski definition) is 1. The molecular weight excluding hydrogens is 494 g/mol. The smallest absolute Gasteiger partial charge is 0.264 e. The lowest BCUT2D eigenvalue weighted by Gasteiger charge is -2.29. The van der Waals surface area contributed by atoms with E-state index in [1.165, 1.54) is 49.2 Å². The monoisotopic (exact) mass is 525 g/mol. The number of piperidine rings is 1. The number of carbonyl (C=O) groups is 1. The molecule has 0 saturated carbocycles. The zero-order chi connectivity index (χ0) is 25.7. The Morgan fingerprint density at radius 1 is 0.972 bits per heavy atom. The van der Waals surface area contributed by atoms with Gasteiger partial charge in [0.25, 0.3) is 10.0 Å². The molecule has 1 fully saturated rings. The average molecular weight is 526 g/mol. The van der Waals surface area contributed by atoms with Crippen LogP contribution in [0.15, 0.2) is 77.7 Å². The van der Waals surface area contributed by atoms with Gasteiger partial charge in [0.2, 0.25) is 5.91 Å². The molecule has 1 N–H and O–H groups in total. The van der Waals surface area contributed by atoms with Crippen LogP contribution in [0.2, 0.25) is 5.02 Å². The molecule has 1 amide bonds. The van der Waals surface area contributed by atoms with Gasteiger partial charge in [0.05, 0.1) is 16.6 Å². The number of sulfonamides is 1. The molecule has 3 aromatic rings. The maximum absolute atomic E-state index is 13.6. The van der Waals surface area contributed by atoms with Crippen molar-refractivity contribution >= 4 is 38.9 Å².